The molecule has 1 aromatic rings. The maximum absolute atomic E-state index is 11.9. The van der Waals surface area contributed by atoms with Crippen LogP contribution in [0.2, 0.25) is 0 Å². The normalized spacial score (nSPS) is 16.9. The van der Waals surface area contributed by atoms with Crippen LogP contribution >= 0.6 is 0 Å². The van der Waals surface area contributed by atoms with E-state index in [4.69, 9.17) is 5.73 Å². The van der Waals surface area contributed by atoms with Crippen LogP contribution in [0.15, 0.2) is 6.20 Å². The van der Waals surface area contributed by atoms with Gasteiger partial charge in [-0.05, 0) is 19.3 Å². The predicted molar refractivity (Wildman–Crippen MR) is 65.2 cm³/mol. The molecule has 1 fully saturated rings. The topological polar surface area (TPSA) is 72.9 Å². The number of nitrogens with zero attached hydrogens (tertiary/aromatic N) is 2. The summed E-state index contributed by atoms with van der Waals surface area (Å²) in [5.41, 5.74) is 7.49. The fourth-order valence-electron chi connectivity index (χ4n) is 2.07. The molecular formula is C12H20N4O. The van der Waals surface area contributed by atoms with E-state index in [0.717, 1.165) is 30.5 Å². The van der Waals surface area contributed by atoms with Gasteiger partial charge in [-0.3, -0.25) is 9.48 Å². The summed E-state index contributed by atoms with van der Waals surface area (Å²) < 4.78 is 1.79. The molecule has 0 saturated heterocycles. The number of hydrogen-bond acceptors (Lipinski definition) is 3. The zero-order valence-electron chi connectivity index (χ0n) is 10.5. The van der Waals surface area contributed by atoms with Gasteiger partial charge in [-0.1, -0.05) is 6.92 Å². The minimum absolute atomic E-state index is 0.0888. The van der Waals surface area contributed by atoms with Crippen LogP contribution in [0.4, 0.5) is 0 Å². The lowest BCUT2D eigenvalue weighted by Crippen LogP contribution is -2.36. The molecule has 94 valence electrons. The monoisotopic (exact) mass is 236 g/mol. The van der Waals surface area contributed by atoms with E-state index in [9.17, 15) is 4.79 Å². The fourth-order valence-corrected chi connectivity index (χ4v) is 2.07. The first-order valence-electron chi connectivity index (χ1n) is 6.11. The Morgan fingerprint density at radius 2 is 2.35 bits per heavy atom. The first kappa shape index (κ1) is 12.1. The third kappa shape index (κ3) is 2.34. The van der Waals surface area contributed by atoms with E-state index in [0.29, 0.717) is 13.1 Å². The minimum Gasteiger partial charge on any atom is -0.351 e. The van der Waals surface area contributed by atoms with Gasteiger partial charge in [-0.25, -0.2) is 0 Å². The Balaban J connectivity index is 1.95. The van der Waals surface area contributed by atoms with Gasteiger partial charge < -0.3 is 11.1 Å². The van der Waals surface area contributed by atoms with Crippen molar-refractivity contribution < 1.29 is 4.79 Å². The third-order valence-corrected chi connectivity index (χ3v) is 3.49. The molecule has 1 aromatic heterocycles. The molecule has 0 radical (unpaired) electrons. The maximum atomic E-state index is 11.9. The van der Waals surface area contributed by atoms with E-state index in [2.05, 4.69) is 17.3 Å². The van der Waals surface area contributed by atoms with Crippen LogP contribution in [-0.4, -0.2) is 22.2 Å². The second-order valence-electron chi connectivity index (χ2n) is 4.80. The van der Waals surface area contributed by atoms with Crippen LogP contribution in [0.1, 0.15) is 31.0 Å². The second-order valence-corrected chi connectivity index (χ2v) is 4.80. The van der Waals surface area contributed by atoms with Gasteiger partial charge in [-0.15, -0.1) is 0 Å². The lowest BCUT2D eigenvalue weighted by Gasteiger charge is -2.12. The van der Waals surface area contributed by atoms with E-state index in [1.54, 1.807) is 4.68 Å². The van der Waals surface area contributed by atoms with E-state index >= 15 is 0 Å². The number of hydrogen-bond donors (Lipinski definition) is 2. The quantitative estimate of drug-likeness (QED) is 0.774. The van der Waals surface area contributed by atoms with Crippen molar-refractivity contribution in [3.63, 3.8) is 0 Å². The van der Waals surface area contributed by atoms with Crippen LogP contribution < -0.4 is 11.1 Å². The van der Waals surface area contributed by atoms with Gasteiger partial charge >= 0.3 is 0 Å². The predicted octanol–water partition coefficient (Wildman–Crippen LogP) is 0.338. The van der Waals surface area contributed by atoms with Crippen molar-refractivity contribution in [3.05, 3.63) is 17.5 Å². The Labute approximate surface area is 101 Å². The average molecular weight is 236 g/mol. The van der Waals surface area contributed by atoms with Crippen molar-refractivity contribution in [1.82, 2.24) is 15.1 Å². The van der Waals surface area contributed by atoms with Crippen molar-refractivity contribution in [3.8, 4) is 0 Å². The zero-order valence-corrected chi connectivity index (χ0v) is 10.5. The summed E-state index contributed by atoms with van der Waals surface area (Å²) in [6, 6.07) is 0. The molecule has 3 N–H and O–H groups in total. The number of carbonyl (C=O) groups is 1. The summed E-state index contributed by atoms with van der Waals surface area (Å²) in [4.78, 5) is 11.9. The van der Waals surface area contributed by atoms with Gasteiger partial charge in [0.2, 0.25) is 5.91 Å². The van der Waals surface area contributed by atoms with Gasteiger partial charge in [0.05, 0.1) is 11.1 Å². The number of nitrogens with one attached hydrogen (secondary N) is 1. The molecule has 2 rings (SSSR count). The van der Waals surface area contributed by atoms with Crippen molar-refractivity contribution in [2.24, 2.45) is 18.2 Å². The molecule has 1 heterocycles. The highest BCUT2D eigenvalue weighted by atomic mass is 16.2. The number of nitrogens with two attached hydrogens (primary N) is 1. The average Bonchev–Trinajstić information content (AvgIpc) is 3.05. The van der Waals surface area contributed by atoms with Crippen LogP contribution in [0.5, 0.6) is 0 Å². The Bertz CT molecular complexity index is 420. The number of aromatic nitrogens is 2. The molecule has 0 aliphatic heterocycles. The first-order chi connectivity index (χ1) is 8.11. The van der Waals surface area contributed by atoms with Crippen LogP contribution in [0.25, 0.3) is 0 Å². The molecule has 1 saturated carbocycles. The molecule has 1 amide bonds. The molecule has 5 heteroatoms. The summed E-state index contributed by atoms with van der Waals surface area (Å²) in [7, 11) is 1.90. The molecule has 0 aromatic carbocycles. The summed E-state index contributed by atoms with van der Waals surface area (Å²) in [5, 5.41) is 7.31. The Kier molecular flexibility index (Phi) is 3.19. The Morgan fingerprint density at radius 1 is 1.65 bits per heavy atom. The van der Waals surface area contributed by atoms with Crippen LogP contribution in [0, 0.1) is 5.41 Å². The van der Waals surface area contributed by atoms with Gasteiger partial charge in [0.15, 0.2) is 0 Å². The van der Waals surface area contributed by atoms with E-state index in [1.165, 1.54) is 0 Å². The Hall–Kier alpha value is -1.36. The van der Waals surface area contributed by atoms with Gasteiger partial charge in [0.1, 0.15) is 0 Å². The fraction of sp³-hybridized carbons (Fsp3) is 0.667. The largest absolute Gasteiger partial charge is 0.351 e. The molecule has 0 bridgehead atoms. The maximum Gasteiger partial charge on any atom is 0.227 e. The van der Waals surface area contributed by atoms with E-state index in [-0.39, 0.29) is 11.3 Å². The summed E-state index contributed by atoms with van der Waals surface area (Å²) in [6.07, 6.45) is 4.68. The highest BCUT2D eigenvalue weighted by Gasteiger charge is 2.48. The number of rotatable bonds is 5. The smallest absolute Gasteiger partial charge is 0.227 e. The summed E-state index contributed by atoms with van der Waals surface area (Å²) in [5.74, 6) is 0.0888. The Morgan fingerprint density at radius 3 is 2.88 bits per heavy atom. The highest BCUT2D eigenvalue weighted by Crippen LogP contribution is 2.44. The standard InChI is InChI=1S/C12H20N4O/c1-3-10-9(7-16(2)15-10)6-14-11(17)12(8-13)4-5-12/h7H,3-6,8,13H2,1-2H3,(H,14,17). The lowest BCUT2D eigenvalue weighted by atomic mass is 10.1. The molecule has 0 unspecified atom stereocenters. The summed E-state index contributed by atoms with van der Waals surface area (Å²) in [6.45, 7) is 3.07. The molecule has 0 atom stereocenters. The third-order valence-electron chi connectivity index (χ3n) is 3.49. The SMILES string of the molecule is CCc1nn(C)cc1CNC(=O)C1(CN)CC1. The second kappa shape index (κ2) is 4.49. The molecule has 1 aliphatic carbocycles. The van der Waals surface area contributed by atoms with Gasteiger partial charge in [-0.2, -0.15) is 5.10 Å². The molecule has 17 heavy (non-hydrogen) atoms. The van der Waals surface area contributed by atoms with Gasteiger partial charge in [0.25, 0.3) is 0 Å². The van der Waals surface area contributed by atoms with Crippen molar-refractivity contribution in [2.45, 2.75) is 32.7 Å². The molecular weight excluding hydrogens is 216 g/mol. The molecule has 5 nitrogen and oxygen atoms in total. The van der Waals surface area contributed by atoms with Crippen molar-refractivity contribution in [1.29, 1.82) is 0 Å². The van der Waals surface area contributed by atoms with Gasteiger partial charge in [0, 0.05) is 31.9 Å². The lowest BCUT2D eigenvalue weighted by molar-refractivity contribution is -0.126. The zero-order chi connectivity index (χ0) is 12.5. The van der Waals surface area contributed by atoms with Crippen molar-refractivity contribution in [2.75, 3.05) is 6.54 Å². The van der Waals surface area contributed by atoms with Crippen LogP contribution in [-0.2, 0) is 24.8 Å². The van der Waals surface area contributed by atoms with E-state index < -0.39 is 0 Å². The number of aryl methyl sites for hydroxylation is 2. The molecule has 1 aliphatic rings. The first-order valence-corrected chi connectivity index (χ1v) is 6.11. The summed E-state index contributed by atoms with van der Waals surface area (Å²) >= 11 is 0. The molecule has 0 spiro atoms. The van der Waals surface area contributed by atoms with Crippen LogP contribution in [0.3, 0.4) is 0 Å². The number of carbonyl (C=O) groups excluding carboxylic acids is 1. The minimum atomic E-state index is -0.269. The van der Waals surface area contributed by atoms with Crippen molar-refractivity contribution >= 4 is 5.91 Å². The highest BCUT2D eigenvalue weighted by molar-refractivity contribution is 5.85. The number of amides is 1. The van der Waals surface area contributed by atoms with E-state index in [1.807, 2.05) is 13.2 Å².